The van der Waals surface area contributed by atoms with Gasteiger partial charge in [-0.25, -0.2) is 0 Å². The van der Waals surface area contributed by atoms with Gasteiger partial charge in [0.25, 0.3) is 0 Å². The van der Waals surface area contributed by atoms with Gasteiger partial charge in [0.1, 0.15) is 6.04 Å². The Balaban J connectivity index is 2.17. The van der Waals surface area contributed by atoms with Crippen molar-refractivity contribution >= 4 is 23.4 Å². The van der Waals surface area contributed by atoms with E-state index in [1.165, 1.54) is 0 Å². The van der Waals surface area contributed by atoms with E-state index in [0.29, 0.717) is 0 Å². The molecule has 3 unspecified atom stereocenters. The molecule has 2 rings (SSSR count). The highest BCUT2D eigenvalue weighted by molar-refractivity contribution is 8.00. The normalized spacial score (nSPS) is 20.8. The molecule has 1 aliphatic heterocycles. The van der Waals surface area contributed by atoms with E-state index in [1.807, 2.05) is 32.0 Å². The lowest BCUT2D eigenvalue weighted by Crippen LogP contribution is -2.27. The summed E-state index contributed by atoms with van der Waals surface area (Å²) in [5.74, 6) is 0.00238. The predicted molar refractivity (Wildman–Crippen MR) is 78.5 cm³/mol. The Morgan fingerprint density at radius 2 is 2.21 bits per heavy atom. The Morgan fingerprint density at radius 1 is 1.47 bits per heavy atom. The first-order chi connectivity index (χ1) is 9.02. The molecule has 3 atom stereocenters. The number of likely N-dealkylation sites (N-methyl/N-ethyl adjacent to an activating group) is 1. The SMILES string of the molecule is CCNC1C(=O)Nc2cc(SC(C)C(C)O)ccc21. The molecule has 1 aromatic rings. The van der Waals surface area contributed by atoms with E-state index in [1.54, 1.807) is 18.7 Å². The lowest BCUT2D eigenvalue weighted by Gasteiger charge is -2.15. The first-order valence-corrected chi connectivity index (χ1v) is 7.43. The van der Waals surface area contributed by atoms with Crippen LogP contribution in [0.4, 0.5) is 5.69 Å². The molecule has 1 aromatic carbocycles. The van der Waals surface area contributed by atoms with Crippen molar-refractivity contribution in [3.8, 4) is 0 Å². The predicted octanol–water partition coefficient (Wildman–Crippen LogP) is 2.15. The minimum Gasteiger partial charge on any atom is -0.392 e. The van der Waals surface area contributed by atoms with E-state index >= 15 is 0 Å². The number of rotatable bonds is 5. The molecule has 0 radical (unpaired) electrons. The van der Waals surface area contributed by atoms with Crippen molar-refractivity contribution in [3.05, 3.63) is 23.8 Å². The van der Waals surface area contributed by atoms with E-state index in [0.717, 1.165) is 22.7 Å². The molecule has 0 bridgehead atoms. The van der Waals surface area contributed by atoms with E-state index in [4.69, 9.17) is 0 Å². The zero-order valence-electron chi connectivity index (χ0n) is 11.4. The highest BCUT2D eigenvalue weighted by Gasteiger charge is 2.29. The number of hydrogen-bond donors (Lipinski definition) is 3. The van der Waals surface area contributed by atoms with Crippen molar-refractivity contribution in [1.29, 1.82) is 0 Å². The van der Waals surface area contributed by atoms with Crippen LogP contribution in [-0.4, -0.2) is 28.9 Å². The fourth-order valence-corrected chi connectivity index (χ4v) is 2.99. The Morgan fingerprint density at radius 3 is 2.84 bits per heavy atom. The first kappa shape index (κ1) is 14.4. The van der Waals surface area contributed by atoms with E-state index in [-0.39, 0.29) is 23.3 Å². The van der Waals surface area contributed by atoms with E-state index < -0.39 is 0 Å². The first-order valence-electron chi connectivity index (χ1n) is 6.55. The van der Waals surface area contributed by atoms with Gasteiger partial charge < -0.3 is 15.7 Å². The molecule has 19 heavy (non-hydrogen) atoms. The fourth-order valence-electron chi connectivity index (χ4n) is 2.03. The van der Waals surface area contributed by atoms with Crippen LogP contribution in [0.1, 0.15) is 32.4 Å². The Hall–Kier alpha value is -1.04. The molecule has 1 heterocycles. The largest absolute Gasteiger partial charge is 0.392 e. The molecule has 4 nitrogen and oxygen atoms in total. The lowest BCUT2D eigenvalue weighted by molar-refractivity contribution is -0.117. The quantitative estimate of drug-likeness (QED) is 0.723. The number of hydrogen-bond acceptors (Lipinski definition) is 4. The van der Waals surface area contributed by atoms with Crippen molar-refractivity contribution in [2.75, 3.05) is 11.9 Å². The summed E-state index contributed by atoms with van der Waals surface area (Å²) in [6, 6.07) is 5.73. The van der Waals surface area contributed by atoms with Crippen molar-refractivity contribution in [2.24, 2.45) is 0 Å². The van der Waals surface area contributed by atoms with Crippen molar-refractivity contribution < 1.29 is 9.90 Å². The Bertz CT molecular complexity index is 477. The third kappa shape index (κ3) is 3.11. The second-order valence-corrected chi connectivity index (χ2v) is 6.24. The maximum Gasteiger partial charge on any atom is 0.246 e. The smallest absolute Gasteiger partial charge is 0.246 e. The zero-order chi connectivity index (χ0) is 14.0. The average molecular weight is 280 g/mol. The topological polar surface area (TPSA) is 61.4 Å². The molecule has 104 valence electrons. The minimum absolute atomic E-state index is 0.00238. The van der Waals surface area contributed by atoms with Crippen molar-refractivity contribution in [2.45, 2.75) is 43.1 Å². The van der Waals surface area contributed by atoms with Crippen LogP contribution >= 0.6 is 11.8 Å². The second-order valence-electron chi connectivity index (χ2n) is 4.79. The van der Waals surface area contributed by atoms with Crippen LogP contribution in [-0.2, 0) is 4.79 Å². The van der Waals surface area contributed by atoms with Crippen LogP contribution in [0.3, 0.4) is 0 Å². The minimum atomic E-state index is -0.359. The number of fused-ring (bicyclic) bond motifs is 1. The Labute approximate surface area is 118 Å². The monoisotopic (exact) mass is 280 g/mol. The molecule has 0 aliphatic carbocycles. The van der Waals surface area contributed by atoms with Gasteiger partial charge in [-0.15, -0.1) is 11.8 Å². The van der Waals surface area contributed by atoms with Gasteiger partial charge in [-0.2, -0.15) is 0 Å². The van der Waals surface area contributed by atoms with Gasteiger partial charge in [-0.3, -0.25) is 4.79 Å². The van der Waals surface area contributed by atoms with Gasteiger partial charge in [0.05, 0.1) is 6.10 Å². The fraction of sp³-hybridized carbons (Fsp3) is 0.500. The van der Waals surface area contributed by atoms with Crippen LogP contribution in [0.5, 0.6) is 0 Å². The summed E-state index contributed by atoms with van der Waals surface area (Å²) in [6.07, 6.45) is -0.359. The van der Waals surface area contributed by atoms with Gasteiger partial charge in [-0.05, 0) is 25.6 Å². The summed E-state index contributed by atoms with van der Waals surface area (Å²) >= 11 is 1.61. The third-order valence-electron chi connectivity index (χ3n) is 3.27. The van der Waals surface area contributed by atoms with Crippen LogP contribution in [0, 0.1) is 0 Å². The molecule has 0 saturated carbocycles. The number of anilines is 1. The lowest BCUT2D eigenvalue weighted by atomic mass is 10.1. The summed E-state index contributed by atoms with van der Waals surface area (Å²) in [6.45, 7) is 6.52. The standard InChI is InChI=1S/C14H20N2O2S/c1-4-15-13-11-6-5-10(19-9(3)8(2)17)7-12(11)16-14(13)18/h5-9,13,15,17H,4H2,1-3H3,(H,16,18). The van der Waals surface area contributed by atoms with Gasteiger partial charge in [0, 0.05) is 21.4 Å². The molecule has 0 fully saturated rings. The van der Waals surface area contributed by atoms with Gasteiger partial charge in [0.15, 0.2) is 0 Å². The number of aliphatic hydroxyl groups is 1. The molecule has 0 saturated heterocycles. The molecular weight excluding hydrogens is 260 g/mol. The molecule has 0 aromatic heterocycles. The number of carbonyl (C=O) groups excluding carboxylic acids is 1. The summed E-state index contributed by atoms with van der Waals surface area (Å²) in [4.78, 5) is 12.9. The van der Waals surface area contributed by atoms with Crippen molar-refractivity contribution in [3.63, 3.8) is 0 Å². The van der Waals surface area contributed by atoms with Crippen LogP contribution in [0.15, 0.2) is 23.1 Å². The highest BCUT2D eigenvalue weighted by atomic mass is 32.2. The molecule has 0 spiro atoms. The zero-order valence-corrected chi connectivity index (χ0v) is 12.3. The third-order valence-corrected chi connectivity index (χ3v) is 4.56. The molecule has 1 amide bonds. The molecule has 5 heteroatoms. The molecule has 1 aliphatic rings. The average Bonchev–Trinajstić information content (AvgIpc) is 2.65. The van der Waals surface area contributed by atoms with Gasteiger partial charge in [0.2, 0.25) is 5.91 Å². The van der Waals surface area contributed by atoms with Crippen molar-refractivity contribution in [1.82, 2.24) is 5.32 Å². The summed E-state index contributed by atoms with van der Waals surface area (Å²) in [5, 5.41) is 15.7. The Kier molecular flexibility index (Phi) is 4.50. The van der Waals surface area contributed by atoms with Gasteiger partial charge in [-0.1, -0.05) is 19.9 Å². The maximum atomic E-state index is 11.8. The van der Waals surface area contributed by atoms with Crippen LogP contribution in [0.25, 0.3) is 0 Å². The van der Waals surface area contributed by atoms with E-state index in [2.05, 4.69) is 10.6 Å². The van der Waals surface area contributed by atoms with Crippen LogP contribution < -0.4 is 10.6 Å². The maximum absolute atomic E-state index is 11.8. The van der Waals surface area contributed by atoms with Crippen LogP contribution in [0.2, 0.25) is 0 Å². The van der Waals surface area contributed by atoms with E-state index in [9.17, 15) is 9.90 Å². The second kappa shape index (κ2) is 5.94. The summed E-state index contributed by atoms with van der Waals surface area (Å²) < 4.78 is 0. The molecular formula is C14H20N2O2S. The number of nitrogens with one attached hydrogen (secondary N) is 2. The number of thioether (sulfide) groups is 1. The molecule has 3 N–H and O–H groups in total. The highest BCUT2D eigenvalue weighted by Crippen LogP contribution is 2.35. The number of carbonyl (C=O) groups is 1. The summed E-state index contributed by atoms with van der Waals surface area (Å²) in [7, 11) is 0. The summed E-state index contributed by atoms with van der Waals surface area (Å²) in [5.41, 5.74) is 1.87. The number of aliphatic hydroxyl groups excluding tert-OH is 1. The van der Waals surface area contributed by atoms with Gasteiger partial charge >= 0.3 is 0 Å². The number of benzene rings is 1. The number of amides is 1.